The molecule has 5 nitrogen and oxygen atoms in total. The van der Waals surface area contributed by atoms with Gasteiger partial charge in [0.15, 0.2) is 6.29 Å². The number of rotatable bonds is 5. The van der Waals surface area contributed by atoms with Crippen LogP contribution in [0.2, 0.25) is 0 Å². The van der Waals surface area contributed by atoms with Crippen LogP contribution in [0.3, 0.4) is 0 Å². The van der Waals surface area contributed by atoms with Gasteiger partial charge in [-0.1, -0.05) is 32.9 Å². The van der Waals surface area contributed by atoms with E-state index in [1.165, 1.54) is 0 Å². The SMILES string of the molecule is CC(C)c1c(C=O)nnn1CC(C)(C)CO. The van der Waals surface area contributed by atoms with Crippen LogP contribution in [0.1, 0.15) is 49.8 Å². The van der Waals surface area contributed by atoms with Crippen LogP contribution in [0.4, 0.5) is 0 Å². The number of aliphatic hydroxyl groups excluding tert-OH is 1. The molecular weight excluding hydrogens is 206 g/mol. The standard InChI is InChI=1S/C11H19N3O2/c1-8(2)10-9(5-15)12-13-14(10)6-11(3,4)7-16/h5,8,16H,6-7H2,1-4H3. The van der Waals surface area contributed by atoms with Gasteiger partial charge in [-0.25, -0.2) is 4.68 Å². The maximum atomic E-state index is 10.8. The number of hydrogen-bond donors (Lipinski definition) is 1. The van der Waals surface area contributed by atoms with E-state index < -0.39 is 0 Å². The Balaban J connectivity index is 3.05. The summed E-state index contributed by atoms with van der Waals surface area (Å²) in [5.74, 6) is 0.185. The Hall–Kier alpha value is -1.23. The minimum absolute atomic E-state index is 0.0703. The summed E-state index contributed by atoms with van der Waals surface area (Å²) < 4.78 is 1.71. The van der Waals surface area contributed by atoms with Gasteiger partial charge >= 0.3 is 0 Å². The normalized spacial score (nSPS) is 12.1. The molecule has 0 saturated carbocycles. The maximum Gasteiger partial charge on any atom is 0.172 e. The zero-order valence-electron chi connectivity index (χ0n) is 10.3. The van der Waals surface area contributed by atoms with Crippen molar-refractivity contribution in [3.8, 4) is 0 Å². The summed E-state index contributed by atoms with van der Waals surface area (Å²) >= 11 is 0. The van der Waals surface area contributed by atoms with Crippen molar-refractivity contribution in [3.05, 3.63) is 11.4 Å². The van der Waals surface area contributed by atoms with Crippen molar-refractivity contribution in [2.45, 2.75) is 40.2 Å². The Morgan fingerprint density at radius 2 is 2.12 bits per heavy atom. The summed E-state index contributed by atoms with van der Waals surface area (Å²) in [5.41, 5.74) is 0.956. The van der Waals surface area contributed by atoms with Gasteiger partial charge in [0.25, 0.3) is 0 Å². The van der Waals surface area contributed by atoms with Crippen molar-refractivity contribution in [1.82, 2.24) is 15.0 Å². The van der Waals surface area contributed by atoms with Gasteiger partial charge in [0.1, 0.15) is 5.69 Å². The second-order valence-electron chi connectivity index (χ2n) is 5.11. The molecule has 0 aliphatic rings. The van der Waals surface area contributed by atoms with Crippen molar-refractivity contribution in [2.75, 3.05) is 6.61 Å². The monoisotopic (exact) mass is 225 g/mol. The Morgan fingerprint density at radius 1 is 1.50 bits per heavy atom. The molecule has 0 aliphatic heterocycles. The highest BCUT2D eigenvalue weighted by Gasteiger charge is 2.22. The van der Waals surface area contributed by atoms with E-state index >= 15 is 0 Å². The summed E-state index contributed by atoms with van der Waals surface area (Å²) in [7, 11) is 0. The smallest absolute Gasteiger partial charge is 0.172 e. The van der Waals surface area contributed by atoms with Gasteiger partial charge in [-0.2, -0.15) is 0 Å². The zero-order chi connectivity index (χ0) is 12.3. The first kappa shape index (κ1) is 12.8. The number of nitrogens with zero attached hydrogens (tertiary/aromatic N) is 3. The van der Waals surface area contributed by atoms with Crippen molar-refractivity contribution in [2.24, 2.45) is 5.41 Å². The van der Waals surface area contributed by atoms with Crippen LogP contribution < -0.4 is 0 Å². The molecule has 0 fully saturated rings. The first-order valence-electron chi connectivity index (χ1n) is 5.40. The quantitative estimate of drug-likeness (QED) is 0.765. The van der Waals surface area contributed by atoms with Gasteiger partial charge < -0.3 is 5.11 Å². The van der Waals surface area contributed by atoms with Gasteiger partial charge in [-0.3, -0.25) is 4.79 Å². The summed E-state index contributed by atoms with van der Waals surface area (Å²) in [6.45, 7) is 8.50. The predicted octanol–water partition coefficient (Wildman–Crippen LogP) is 1.23. The van der Waals surface area contributed by atoms with Gasteiger partial charge in [0.05, 0.1) is 12.2 Å². The molecule has 0 unspecified atom stereocenters. The summed E-state index contributed by atoms with van der Waals surface area (Å²) in [4.78, 5) is 10.8. The third-order valence-electron chi connectivity index (χ3n) is 2.47. The lowest BCUT2D eigenvalue weighted by Gasteiger charge is -2.22. The van der Waals surface area contributed by atoms with Gasteiger partial charge in [0.2, 0.25) is 0 Å². The molecule has 0 atom stereocenters. The highest BCUT2D eigenvalue weighted by atomic mass is 16.3. The van der Waals surface area contributed by atoms with E-state index in [1.807, 2.05) is 27.7 Å². The number of hydrogen-bond acceptors (Lipinski definition) is 4. The molecule has 90 valence electrons. The summed E-state index contributed by atoms with van der Waals surface area (Å²) in [5, 5.41) is 17.0. The molecule has 0 radical (unpaired) electrons. The maximum absolute atomic E-state index is 10.8. The molecule has 1 rings (SSSR count). The van der Waals surface area contributed by atoms with E-state index in [9.17, 15) is 9.90 Å². The molecule has 0 bridgehead atoms. The fourth-order valence-corrected chi connectivity index (χ4v) is 1.58. The number of aliphatic hydroxyl groups is 1. The molecule has 1 aromatic heterocycles. The molecule has 0 spiro atoms. The second-order valence-corrected chi connectivity index (χ2v) is 5.11. The fraction of sp³-hybridized carbons (Fsp3) is 0.727. The molecule has 0 saturated heterocycles. The van der Waals surface area contributed by atoms with Crippen LogP contribution in [0.15, 0.2) is 0 Å². The van der Waals surface area contributed by atoms with E-state index in [2.05, 4.69) is 10.3 Å². The minimum Gasteiger partial charge on any atom is -0.396 e. The average Bonchev–Trinajstić information content (AvgIpc) is 2.60. The summed E-state index contributed by atoms with van der Waals surface area (Å²) in [6.07, 6.45) is 0.727. The van der Waals surface area contributed by atoms with Crippen LogP contribution in [0.25, 0.3) is 0 Å². The van der Waals surface area contributed by atoms with E-state index in [0.29, 0.717) is 12.2 Å². The number of aldehydes is 1. The summed E-state index contributed by atoms with van der Waals surface area (Å²) in [6, 6.07) is 0. The van der Waals surface area contributed by atoms with Crippen LogP contribution >= 0.6 is 0 Å². The third-order valence-corrected chi connectivity index (χ3v) is 2.47. The van der Waals surface area contributed by atoms with Gasteiger partial charge in [0, 0.05) is 12.0 Å². The molecule has 5 heteroatoms. The molecule has 16 heavy (non-hydrogen) atoms. The van der Waals surface area contributed by atoms with Crippen LogP contribution in [0.5, 0.6) is 0 Å². The largest absolute Gasteiger partial charge is 0.396 e. The Bertz CT molecular complexity index is 369. The van der Waals surface area contributed by atoms with Crippen molar-refractivity contribution in [3.63, 3.8) is 0 Å². The Morgan fingerprint density at radius 3 is 2.56 bits per heavy atom. The highest BCUT2D eigenvalue weighted by molar-refractivity contribution is 5.73. The van der Waals surface area contributed by atoms with Gasteiger partial charge in [-0.15, -0.1) is 5.10 Å². The number of carbonyl (C=O) groups excluding carboxylic acids is 1. The van der Waals surface area contributed by atoms with Gasteiger partial charge in [-0.05, 0) is 5.92 Å². The lowest BCUT2D eigenvalue weighted by molar-refractivity contribution is 0.111. The Labute approximate surface area is 95.5 Å². The molecule has 0 amide bonds. The lowest BCUT2D eigenvalue weighted by atomic mass is 9.94. The lowest BCUT2D eigenvalue weighted by Crippen LogP contribution is -2.26. The molecule has 1 N–H and O–H groups in total. The van der Waals surface area contributed by atoms with E-state index in [1.54, 1.807) is 4.68 Å². The molecular formula is C11H19N3O2. The molecule has 0 aromatic carbocycles. The topological polar surface area (TPSA) is 68.0 Å². The number of aromatic nitrogens is 3. The second kappa shape index (κ2) is 4.74. The highest BCUT2D eigenvalue weighted by Crippen LogP contribution is 2.22. The van der Waals surface area contributed by atoms with Crippen molar-refractivity contribution >= 4 is 6.29 Å². The average molecular weight is 225 g/mol. The van der Waals surface area contributed by atoms with E-state index in [-0.39, 0.29) is 17.9 Å². The van der Waals surface area contributed by atoms with Crippen molar-refractivity contribution in [1.29, 1.82) is 0 Å². The zero-order valence-corrected chi connectivity index (χ0v) is 10.3. The molecule has 1 aromatic rings. The first-order chi connectivity index (χ1) is 7.41. The molecule has 1 heterocycles. The van der Waals surface area contributed by atoms with Crippen LogP contribution in [-0.2, 0) is 6.54 Å². The van der Waals surface area contributed by atoms with Crippen LogP contribution in [0, 0.1) is 5.41 Å². The van der Waals surface area contributed by atoms with E-state index in [4.69, 9.17) is 0 Å². The molecule has 0 aliphatic carbocycles. The third kappa shape index (κ3) is 2.66. The first-order valence-corrected chi connectivity index (χ1v) is 5.40. The van der Waals surface area contributed by atoms with E-state index in [0.717, 1.165) is 12.0 Å². The number of carbonyl (C=O) groups is 1. The minimum atomic E-state index is -0.266. The Kier molecular flexibility index (Phi) is 3.80. The van der Waals surface area contributed by atoms with Crippen LogP contribution in [-0.4, -0.2) is 33.0 Å². The fourth-order valence-electron chi connectivity index (χ4n) is 1.58. The predicted molar refractivity (Wildman–Crippen MR) is 60.4 cm³/mol. The van der Waals surface area contributed by atoms with Crippen molar-refractivity contribution < 1.29 is 9.90 Å².